The van der Waals surface area contributed by atoms with Crippen LogP contribution in [0.3, 0.4) is 0 Å². The minimum absolute atomic E-state index is 0.0368. The maximum atomic E-state index is 14.3. The SMILES string of the molecule is C#CCCOc1ccc2c(c1)c(CN1CCC[C@H]1CO)cn2Cc1c(F)cccc1F. The number of hydrogen-bond donors (Lipinski definition) is 1. The molecule has 1 saturated heterocycles. The Morgan fingerprint density at radius 2 is 1.97 bits per heavy atom. The maximum Gasteiger partial charge on any atom is 0.131 e. The second-order valence-electron chi connectivity index (χ2n) is 7.91. The third kappa shape index (κ3) is 4.58. The van der Waals surface area contributed by atoms with E-state index in [9.17, 15) is 13.9 Å². The second-order valence-corrected chi connectivity index (χ2v) is 7.91. The van der Waals surface area contributed by atoms with Crippen LogP contribution in [0.15, 0.2) is 42.6 Å². The lowest BCUT2D eigenvalue weighted by molar-refractivity contribution is 0.154. The Morgan fingerprint density at radius 1 is 1.16 bits per heavy atom. The Morgan fingerprint density at radius 3 is 2.71 bits per heavy atom. The van der Waals surface area contributed by atoms with Crippen LogP contribution in [-0.4, -0.2) is 40.4 Å². The van der Waals surface area contributed by atoms with Crippen molar-refractivity contribution in [1.82, 2.24) is 9.47 Å². The van der Waals surface area contributed by atoms with Crippen LogP contribution in [0.1, 0.15) is 30.4 Å². The third-order valence-electron chi connectivity index (χ3n) is 5.92. The van der Waals surface area contributed by atoms with Gasteiger partial charge in [-0.15, -0.1) is 12.3 Å². The zero-order valence-corrected chi connectivity index (χ0v) is 17.4. The summed E-state index contributed by atoms with van der Waals surface area (Å²) in [4.78, 5) is 2.26. The van der Waals surface area contributed by atoms with Crippen LogP contribution in [0.25, 0.3) is 10.9 Å². The van der Waals surface area contributed by atoms with Gasteiger partial charge in [0.2, 0.25) is 0 Å². The third-order valence-corrected chi connectivity index (χ3v) is 5.92. The molecule has 0 bridgehead atoms. The molecule has 6 heteroatoms. The van der Waals surface area contributed by atoms with E-state index in [0.29, 0.717) is 25.3 Å². The molecular formula is C25H26F2N2O2. The van der Waals surface area contributed by atoms with E-state index in [1.807, 2.05) is 29.0 Å². The van der Waals surface area contributed by atoms with Gasteiger partial charge in [0.05, 0.1) is 19.8 Å². The fourth-order valence-corrected chi connectivity index (χ4v) is 4.31. The number of hydrogen-bond acceptors (Lipinski definition) is 3. The number of aromatic nitrogens is 1. The molecule has 4 nitrogen and oxygen atoms in total. The summed E-state index contributed by atoms with van der Waals surface area (Å²) < 4.78 is 36.2. The minimum atomic E-state index is -0.558. The summed E-state index contributed by atoms with van der Waals surface area (Å²) in [5, 5.41) is 10.7. The highest BCUT2D eigenvalue weighted by Crippen LogP contribution is 2.30. The number of halogens is 2. The number of benzene rings is 2. The summed E-state index contributed by atoms with van der Waals surface area (Å²) in [7, 11) is 0. The van der Waals surface area contributed by atoms with E-state index in [1.54, 1.807) is 0 Å². The zero-order chi connectivity index (χ0) is 21.8. The maximum absolute atomic E-state index is 14.3. The zero-order valence-electron chi connectivity index (χ0n) is 17.4. The molecule has 31 heavy (non-hydrogen) atoms. The van der Waals surface area contributed by atoms with Gasteiger partial charge in [0.1, 0.15) is 17.4 Å². The van der Waals surface area contributed by atoms with Crippen LogP contribution >= 0.6 is 0 Å². The van der Waals surface area contributed by atoms with Gasteiger partial charge in [-0.05, 0) is 55.3 Å². The lowest BCUT2D eigenvalue weighted by Crippen LogP contribution is -2.31. The van der Waals surface area contributed by atoms with Crippen molar-refractivity contribution >= 4 is 10.9 Å². The molecule has 0 amide bonds. The van der Waals surface area contributed by atoms with Gasteiger partial charge in [-0.1, -0.05) is 6.07 Å². The van der Waals surface area contributed by atoms with E-state index in [-0.39, 0.29) is 24.8 Å². The van der Waals surface area contributed by atoms with Gasteiger partial charge < -0.3 is 14.4 Å². The number of terminal acetylenes is 1. The molecule has 1 aliphatic rings. The van der Waals surface area contributed by atoms with Crippen LogP contribution < -0.4 is 4.74 Å². The largest absolute Gasteiger partial charge is 0.493 e. The highest BCUT2D eigenvalue weighted by atomic mass is 19.1. The van der Waals surface area contributed by atoms with Gasteiger partial charge in [-0.2, -0.15) is 0 Å². The standard InChI is InChI=1S/C25H26F2N2O2/c1-2-3-12-31-20-9-10-25-21(13-20)18(14-28-11-5-6-19(28)17-30)15-29(25)16-22-23(26)7-4-8-24(22)27/h1,4,7-10,13,15,19,30H,3,5-6,11-12,14,16-17H2/t19-/m0/s1. The van der Waals surface area contributed by atoms with Crippen molar-refractivity contribution in [3.63, 3.8) is 0 Å². The van der Waals surface area contributed by atoms with E-state index in [4.69, 9.17) is 11.2 Å². The van der Waals surface area contributed by atoms with Gasteiger partial charge in [-0.25, -0.2) is 8.78 Å². The van der Waals surface area contributed by atoms with Crippen molar-refractivity contribution in [3.8, 4) is 18.1 Å². The molecule has 162 valence electrons. The summed E-state index contributed by atoms with van der Waals surface area (Å²) in [6, 6.07) is 9.78. The highest BCUT2D eigenvalue weighted by molar-refractivity contribution is 5.85. The van der Waals surface area contributed by atoms with Gasteiger partial charge in [0.15, 0.2) is 0 Å². The molecule has 1 N–H and O–H groups in total. The molecular weight excluding hydrogens is 398 g/mol. The second kappa shape index (κ2) is 9.51. The molecule has 0 saturated carbocycles. The molecule has 3 aromatic rings. The summed E-state index contributed by atoms with van der Waals surface area (Å²) >= 11 is 0. The molecule has 1 aromatic heterocycles. The molecule has 1 aliphatic heterocycles. The Hall–Kier alpha value is -2.88. The van der Waals surface area contributed by atoms with Gasteiger partial charge in [0.25, 0.3) is 0 Å². The Balaban J connectivity index is 1.71. The molecule has 0 spiro atoms. The predicted octanol–water partition coefficient (Wildman–Crippen LogP) is 4.33. The van der Waals surface area contributed by atoms with Crippen molar-refractivity contribution < 1.29 is 18.6 Å². The number of likely N-dealkylation sites (tertiary alicyclic amines) is 1. The molecule has 2 aromatic carbocycles. The number of rotatable bonds is 8. The van der Waals surface area contributed by atoms with E-state index >= 15 is 0 Å². The van der Waals surface area contributed by atoms with Crippen molar-refractivity contribution in [2.45, 2.75) is 38.4 Å². The molecule has 2 heterocycles. The molecule has 0 unspecified atom stereocenters. The van der Waals surface area contributed by atoms with Crippen LogP contribution in [-0.2, 0) is 13.1 Å². The summed E-state index contributed by atoms with van der Waals surface area (Å²) in [6.45, 7) is 2.22. The number of nitrogens with zero attached hydrogens (tertiary/aromatic N) is 2. The van der Waals surface area contributed by atoms with Crippen molar-refractivity contribution in [2.75, 3.05) is 19.8 Å². The minimum Gasteiger partial charge on any atom is -0.493 e. The molecule has 0 aliphatic carbocycles. The molecule has 0 radical (unpaired) electrons. The van der Waals surface area contributed by atoms with Crippen LogP contribution in [0.2, 0.25) is 0 Å². The quantitative estimate of drug-likeness (QED) is 0.432. The van der Waals surface area contributed by atoms with E-state index < -0.39 is 11.6 Å². The highest BCUT2D eigenvalue weighted by Gasteiger charge is 2.25. The Kier molecular flexibility index (Phi) is 6.55. The van der Waals surface area contributed by atoms with E-state index in [0.717, 1.165) is 35.9 Å². The first kappa shape index (κ1) is 21.4. The predicted molar refractivity (Wildman–Crippen MR) is 117 cm³/mol. The normalized spacial score (nSPS) is 16.6. The van der Waals surface area contributed by atoms with Crippen molar-refractivity contribution in [3.05, 3.63) is 65.4 Å². The topological polar surface area (TPSA) is 37.6 Å². The van der Waals surface area contributed by atoms with Crippen LogP contribution in [0.4, 0.5) is 8.78 Å². The fraction of sp³-hybridized carbons (Fsp3) is 0.360. The van der Waals surface area contributed by atoms with Crippen LogP contribution in [0, 0.1) is 24.0 Å². The number of aliphatic hydroxyl groups excluding tert-OH is 1. The van der Waals surface area contributed by atoms with Gasteiger partial charge >= 0.3 is 0 Å². The number of fused-ring (bicyclic) bond motifs is 1. The van der Waals surface area contributed by atoms with Gasteiger partial charge in [0, 0.05) is 41.7 Å². The smallest absolute Gasteiger partial charge is 0.131 e. The first-order valence-corrected chi connectivity index (χ1v) is 10.6. The first-order valence-electron chi connectivity index (χ1n) is 10.6. The van der Waals surface area contributed by atoms with Crippen LogP contribution in [0.5, 0.6) is 5.75 Å². The van der Waals surface area contributed by atoms with Crippen molar-refractivity contribution in [2.24, 2.45) is 0 Å². The Labute approximate surface area is 181 Å². The Bertz CT molecular complexity index is 1080. The lowest BCUT2D eigenvalue weighted by Gasteiger charge is -2.22. The summed E-state index contributed by atoms with van der Waals surface area (Å²) in [6.07, 6.45) is 9.79. The molecule has 4 rings (SSSR count). The van der Waals surface area contributed by atoms with Crippen molar-refractivity contribution in [1.29, 1.82) is 0 Å². The molecule has 1 atom stereocenters. The number of aliphatic hydroxyl groups is 1. The average Bonchev–Trinajstić information content (AvgIpc) is 3.35. The lowest BCUT2D eigenvalue weighted by atomic mass is 10.1. The number of ether oxygens (including phenoxy) is 1. The summed E-state index contributed by atoms with van der Waals surface area (Å²) in [5.74, 6) is 2.15. The van der Waals surface area contributed by atoms with E-state index in [1.165, 1.54) is 18.2 Å². The fourth-order valence-electron chi connectivity index (χ4n) is 4.31. The van der Waals surface area contributed by atoms with E-state index in [2.05, 4.69) is 10.8 Å². The monoisotopic (exact) mass is 424 g/mol. The average molecular weight is 424 g/mol. The summed E-state index contributed by atoms with van der Waals surface area (Å²) in [5.41, 5.74) is 1.95. The van der Waals surface area contributed by atoms with Gasteiger partial charge in [-0.3, -0.25) is 4.90 Å². The molecule has 1 fully saturated rings. The first-order chi connectivity index (χ1) is 15.1.